The maximum Gasteiger partial charge on any atom is 0.0764 e. The Balaban J connectivity index is 1.38. The third-order valence-corrected chi connectivity index (χ3v) is 10.6. The number of benzene rings is 6. The first-order valence-corrected chi connectivity index (χ1v) is 15.6. The van der Waals surface area contributed by atoms with Crippen LogP contribution in [-0.2, 0) is 11.8 Å². The summed E-state index contributed by atoms with van der Waals surface area (Å²) in [5, 5.41) is 2.59. The first kappa shape index (κ1) is 24.6. The average Bonchev–Trinajstić information content (AvgIpc) is 3.41. The van der Waals surface area contributed by atoms with Gasteiger partial charge in [-0.3, -0.25) is 0 Å². The van der Waals surface area contributed by atoms with Gasteiger partial charge in [0.2, 0.25) is 0 Å². The number of fused-ring (bicyclic) bond motifs is 11. The fourth-order valence-corrected chi connectivity index (χ4v) is 8.84. The van der Waals surface area contributed by atoms with Crippen LogP contribution in [0.3, 0.4) is 0 Å². The van der Waals surface area contributed by atoms with E-state index < -0.39 is 5.41 Å². The molecule has 2 aliphatic rings. The number of nitrogens with two attached hydrogens (primary N) is 1. The molecule has 0 fully saturated rings. The van der Waals surface area contributed by atoms with Gasteiger partial charge in [-0.1, -0.05) is 139 Å². The highest BCUT2D eigenvalue weighted by Crippen LogP contribution is 2.60. The number of nitrogens with zero attached hydrogens (tertiary/aromatic N) is 1. The zero-order chi connectivity index (χ0) is 28.5. The Hall–Kier alpha value is -4.99. The molecule has 0 aliphatic carbocycles. The maximum absolute atomic E-state index is 6.59. The molecule has 204 valence electrons. The number of para-hydroxylation sites is 3. The summed E-state index contributed by atoms with van der Waals surface area (Å²) in [5.74, 6) is 0. The van der Waals surface area contributed by atoms with E-state index in [2.05, 4.69) is 132 Å². The molecule has 0 saturated carbocycles. The monoisotopic (exact) mass is 568 g/mol. The van der Waals surface area contributed by atoms with Crippen LogP contribution in [0, 0.1) is 0 Å². The van der Waals surface area contributed by atoms with Gasteiger partial charge < -0.3 is 10.3 Å². The normalized spacial score (nSPS) is 16.7. The van der Waals surface area contributed by atoms with E-state index in [9.17, 15) is 0 Å². The summed E-state index contributed by atoms with van der Waals surface area (Å²) in [6.45, 7) is 0. The summed E-state index contributed by atoms with van der Waals surface area (Å²) in [6, 6.07) is 50.9. The topological polar surface area (TPSA) is 30.9 Å². The van der Waals surface area contributed by atoms with E-state index in [1.165, 1.54) is 65.1 Å². The van der Waals surface area contributed by atoms with Gasteiger partial charge in [0.25, 0.3) is 0 Å². The van der Waals surface area contributed by atoms with Crippen molar-refractivity contribution < 1.29 is 0 Å². The number of hydrogen-bond acceptors (Lipinski definition) is 2. The van der Waals surface area contributed by atoms with Crippen molar-refractivity contribution in [2.75, 3.05) is 0 Å². The Morgan fingerprint density at radius 2 is 1.30 bits per heavy atom. The molecule has 6 aromatic carbocycles. The Bertz CT molecular complexity index is 2260. The van der Waals surface area contributed by atoms with E-state index >= 15 is 0 Å². The second-order valence-electron chi connectivity index (χ2n) is 11.4. The third kappa shape index (κ3) is 3.31. The lowest BCUT2D eigenvalue weighted by Crippen LogP contribution is -2.38. The molecule has 1 aromatic heterocycles. The number of allylic oxidation sites excluding steroid dienone is 1. The van der Waals surface area contributed by atoms with E-state index in [1.807, 2.05) is 30.0 Å². The third-order valence-electron chi connectivity index (χ3n) is 9.30. The van der Waals surface area contributed by atoms with Gasteiger partial charge in [0.05, 0.1) is 22.1 Å². The van der Waals surface area contributed by atoms with Gasteiger partial charge >= 0.3 is 0 Å². The Morgan fingerprint density at radius 1 is 0.628 bits per heavy atom. The molecule has 2 aliphatic heterocycles. The van der Waals surface area contributed by atoms with Gasteiger partial charge in [0, 0.05) is 26.3 Å². The second-order valence-corrected chi connectivity index (χ2v) is 12.5. The van der Waals surface area contributed by atoms with Crippen LogP contribution < -0.4 is 5.73 Å². The van der Waals surface area contributed by atoms with Crippen LogP contribution in [0.4, 0.5) is 0 Å². The number of rotatable bonds is 3. The highest BCUT2D eigenvalue weighted by Gasteiger charge is 2.49. The minimum atomic E-state index is -0.456. The van der Waals surface area contributed by atoms with Crippen LogP contribution in [0.1, 0.15) is 33.4 Å². The van der Waals surface area contributed by atoms with Gasteiger partial charge in [-0.05, 0) is 58.0 Å². The van der Waals surface area contributed by atoms with Crippen LogP contribution in [0.2, 0.25) is 0 Å². The maximum atomic E-state index is 6.59. The lowest BCUT2D eigenvalue weighted by molar-refractivity contribution is 0.686. The summed E-state index contributed by atoms with van der Waals surface area (Å²) < 4.78 is 2.50. The van der Waals surface area contributed by atoms with Crippen LogP contribution in [0.5, 0.6) is 0 Å². The first-order chi connectivity index (χ1) is 21.3. The highest BCUT2D eigenvalue weighted by molar-refractivity contribution is 7.99. The van der Waals surface area contributed by atoms with E-state index in [1.54, 1.807) is 0 Å². The van der Waals surface area contributed by atoms with E-state index in [0.717, 1.165) is 17.7 Å². The SMILES string of the molecule is N/C(=C\Cc1cccc2c1Sc1ccccc1C21c2ccccc2-n2c3ccccc3c3cccc1c32)c1ccccc1. The van der Waals surface area contributed by atoms with Gasteiger partial charge in [-0.25, -0.2) is 0 Å². The van der Waals surface area contributed by atoms with Crippen molar-refractivity contribution >= 4 is 39.3 Å². The van der Waals surface area contributed by atoms with Gasteiger partial charge in [-0.2, -0.15) is 0 Å². The van der Waals surface area contributed by atoms with E-state index in [4.69, 9.17) is 5.73 Å². The van der Waals surface area contributed by atoms with Crippen LogP contribution in [-0.4, -0.2) is 4.57 Å². The summed E-state index contributed by atoms with van der Waals surface area (Å²) in [7, 11) is 0. The largest absolute Gasteiger partial charge is 0.398 e. The fraction of sp³-hybridized carbons (Fsp3) is 0.0500. The van der Waals surface area contributed by atoms with Crippen LogP contribution in [0.25, 0.3) is 33.2 Å². The van der Waals surface area contributed by atoms with Crippen molar-refractivity contribution in [1.82, 2.24) is 4.57 Å². The Labute approximate surface area is 255 Å². The minimum Gasteiger partial charge on any atom is -0.398 e. The molecule has 1 unspecified atom stereocenters. The van der Waals surface area contributed by atoms with Crippen molar-refractivity contribution in [3.8, 4) is 5.69 Å². The zero-order valence-corrected chi connectivity index (χ0v) is 24.3. The molecule has 2 nitrogen and oxygen atoms in total. The second kappa shape index (κ2) is 9.26. The van der Waals surface area contributed by atoms with Gasteiger partial charge in [0.1, 0.15) is 0 Å². The molecule has 7 aromatic rings. The van der Waals surface area contributed by atoms with E-state index in [0.29, 0.717) is 0 Å². The molecule has 0 bridgehead atoms. The number of aromatic nitrogens is 1. The van der Waals surface area contributed by atoms with Crippen LogP contribution >= 0.6 is 11.8 Å². The smallest absolute Gasteiger partial charge is 0.0764 e. The van der Waals surface area contributed by atoms with Gasteiger partial charge in [0.15, 0.2) is 0 Å². The standard InChI is InChI=1S/C40H28N2S/c41-34(26-12-2-1-3-13-26)25-24-27-14-10-20-33-39(27)43-37-23-9-6-18-31(37)40(33)30-17-5-8-22-36(30)42-35-21-7-4-15-28(35)29-16-11-19-32(40)38(29)42/h1-23,25H,24,41H2/b34-25-. The molecule has 3 heterocycles. The number of hydrogen-bond donors (Lipinski definition) is 1. The summed E-state index contributed by atoms with van der Waals surface area (Å²) >= 11 is 1.90. The molecular formula is C40H28N2S. The highest BCUT2D eigenvalue weighted by atomic mass is 32.2. The molecule has 0 saturated heterocycles. The van der Waals surface area contributed by atoms with E-state index in [-0.39, 0.29) is 0 Å². The summed E-state index contributed by atoms with van der Waals surface area (Å²) in [5.41, 5.74) is 18.4. The quantitative estimate of drug-likeness (QED) is 0.230. The van der Waals surface area contributed by atoms with Crippen molar-refractivity contribution in [2.24, 2.45) is 5.73 Å². The molecule has 2 N–H and O–H groups in total. The summed E-state index contributed by atoms with van der Waals surface area (Å²) in [4.78, 5) is 2.63. The zero-order valence-electron chi connectivity index (χ0n) is 23.5. The molecule has 1 spiro atoms. The predicted molar refractivity (Wildman–Crippen MR) is 179 cm³/mol. The van der Waals surface area contributed by atoms with Crippen molar-refractivity contribution in [3.05, 3.63) is 179 Å². The first-order valence-electron chi connectivity index (χ1n) is 14.8. The molecule has 1 atom stereocenters. The Morgan fingerprint density at radius 3 is 2.21 bits per heavy atom. The molecule has 43 heavy (non-hydrogen) atoms. The van der Waals surface area contributed by atoms with Crippen molar-refractivity contribution in [1.29, 1.82) is 0 Å². The predicted octanol–water partition coefficient (Wildman–Crippen LogP) is 9.49. The molecule has 9 rings (SSSR count). The summed E-state index contributed by atoms with van der Waals surface area (Å²) in [6.07, 6.45) is 2.94. The molecule has 3 heteroatoms. The average molecular weight is 569 g/mol. The molecular weight excluding hydrogens is 541 g/mol. The fourth-order valence-electron chi connectivity index (χ4n) is 7.53. The van der Waals surface area contributed by atoms with Gasteiger partial charge in [-0.15, -0.1) is 0 Å². The van der Waals surface area contributed by atoms with Crippen LogP contribution in [0.15, 0.2) is 155 Å². The van der Waals surface area contributed by atoms with Crippen molar-refractivity contribution in [3.63, 3.8) is 0 Å². The lowest BCUT2D eigenvalue weighted by Gasteiger charge is -2.45. The lowest BCUT2D eigenvalue weighted by atomic mass is 9.62. The van der Waals surface area contributed by atoms with Crippen molar-refractivity contribution in [2.45, 2.75) is 21.6 Å². The Kier molecular flexibility index (Phi) is 5.29. The molecule has 0 radical (unpaired) electrons. The minimum absolute atomic E-state index is 0.456. The molecule has 0 amide bonds.